The first kappa shape index (κ1) is 15.2. The lowest BCUT2D eigenvalue weighted by atomic mass is 10.1. The molecule has 1 saturated heterocycles. The molecule has 6 heteroatoms. The van der Waals surface area contributed by atoms with Crippen molar-refractivity contribution in [3.63, 3.8) is 0 Å². The average molecular weight is 326 g/mol. The van der Waals surface area contributed by atoms with Crippen LogP contribution in [0.3, 0.4) is 0 Å². The molecule has 2 N–H and O–H groups in total. The number of hydrogen-bond acceptors (Lipinski definition) is 3. The molecule has 6 nitrogen and oxygen atoms in total. The molecule has 0 radical (unpaired) electrons. The Kier molecular flexibility index (Phi) is 3.96. The van der Waals surface area contributed by atoms with Gasteiger partial charge in [-0.05, 0) is 31.0 Å². The second-order valence-corrected chi connectivity index (χ2v) is 6.90. The average Bonchev–Trinajstić information content (AvgIpc) is 3.32. The van der Waals surface area contributed by atoms with E-state index < -0.39 is 0 Å². The number of fused-ring (bicyclic) bond motifs is 1. The maximum atomic E-state index is 12.3. The summed E-state index contributed by atoms with van der Waals surface area (Å²) in [5, 5.41) is 2.98. The van der Waals surface area contributed by atoms with Crippen LogP contribution in [0.1, 0.15) is 42.5 Å². The Labute approximate surface area is 140 Å². The Morgan fingerprint density at radius 3 is 3.00 bits per heavy atom. The van der Waals surface area contributed by atoms with Crippen molar-refractivity contribution in [2.24, 2.45) is 5.92 Å². The number of aromatic amines is 1. The van der Waals surface area contributed by atoms with E-state index in [-0.39, 0.29) is 17.7 Å². The van der Waals surface area contributed by atoms with Gasteiger partial charge in [-0.15, -0.1) is 0 Å². The highest BCUT2D eigenvalue weighted by Gasteiger charge is 2.35. The number of H-pyrrole nitrogens is 1. The molecule has 2 aliphatic rings. The number of nitrogens with zero attached hydrogens (tertiary/aromatic N) is 2. The Bertz CT molecular complexity index is 763. The van der Waals surface area contributed by atoms with Gasteiger partial charge in [0.25, 0.3) is 5.91 Å². The number of nitrogens with one attached hydrogen (secondary N) is 2. The van der Waals surface area contributed by atoms with Gasteiger partial charge >= 0.3 is 0 Å². The zero-order chi connectivity index (χ0) is 16.5. The summed E-state index contributed by atoms with van der Waals surface area (Å²) in [4.78, 5) is 33.8. The van der Waals surface area contributed by atoms with Crippen molar-refractivity contribution in [2.75, 3.05) is 13.1 Å². The van der Waals surface area contributed by atoms with Crippen molar-refractivity contribution < 1.29 is 9.59 Å². The molecular formula is C18H22N4O2. The number of benzene rings is 1. The molecule has 2 fully saturated rings. The van der Waals surface area contributed by atoms with Gasteiger partial charge in [-0.2, -0.15) is 0 Å². The highest BCUT2D eigenvalue weighted by Crippen LogP contribution is 2.29. The molecular weight excluding hydrogens is 304 g/mol. The molecule has 2 amide bonds. The molecule has 4 rings (SSSR count). The van der Waals surface area contributed by atoms with Crippen molar-refractivity contribution in [3.8, 4) is 0 Å². The van der Waals surface area contributed by atoms with E-state index in [4.69, 9.17) is 0 Å². The van der Waals surface area contributed by atoms with Crippen LogP contribution < -0.4 is 5.32 Å². The van der Waals surface area contributed by atoms with Crippen LogP contribution in [0.5, 0.6) is 0 Å². The van der Waals surface area contributed by atoms with Crippen molar-refractivity contribution >= 4 is 22.8 Å². The van der Waals surface area contributed by atoms with Gasteiger partial charge in [-0.25, -0.2) is 4.98 Å². The number of imidazole rings is 1. The highest BCUT2D eigenvalue weighted by molar-refractivity contribution is 5.97. The summed E-state index contributed by atoms with van der Waals surface area (Å²) in [5.41, 5.74) is 2.31. The minimum atomic E-state index is -0.0988. The van der Waals surface area contributed by atoms with Crippen molar-refractivity contribution in [1.29, 1.82) is 0 Å². The standard InChI is InChI=1S/C18H22N4O2/c23-17-7-12(10-22(17)14-3-1-2-4-14)9-19-18(24)13-5-6-15-16(8-13)21-11-20-15/h5-6,8,11-12,14H,1-4,7,9-10H2,(H,19,24)(H,20,21). The predicted octanol–water partition coefficient (Wildman–Crippen LogP) is 2.08. The van der Waals surface area contributed by atoms with Crippen LogP contribution in [-0.4, -0.2) is 45.8 Å². The largest absolute Gasteiger partial charge is 0.352 e. The van der Waals surface area contributed by atoms with Crippen LogP contribution in [0.25, 0.3) is 11.0 Å². The third kappa shape index (κ3) is 2.88. The Morgan fingerprint density at radius 1 is 1.33 bits per heavy atom. The molecule has 2 heterocycles. The maximum absolute atomic E-state index is 12.3. The molecule has 1 aromatic heterocycles. The zero-order valence-electron chi connectivity index (χ0n) is 13.6. The lowest BCUT2D eigenvalue weighted by Gasteiger charge is -2.24. The number of carbonyl (C=O) groups excluding carboxylic acids is 2. The highest BCUT2D eigenvalue weighted by atomic mass is 16.2. The summed E-state index contributed by atoms with van der Waals surface area (Å²) in [6.45, 7) is 1.33. The van der Waals surface area contributed by atoms with Gasteiger partial charge in [-0.1, -0.05) is 12.8 Å². The van der Waals surface area contributed by atoms with Gasteiger partial charge in [0.1, 0.15) is 0 Å². The van der Waals surface area contributed by atoms with Crippen molar-refractivity contribution in [2.45, 2.75) is 38.1 Å². The van der Waals surface area contributed by atoms with E-state index in [0.717, 1.165) is 30.4 Å². The van der Waals surface area contributed by atoms with Crippen LogP contribution in [0.2, 0.25) is 0 Å². The summed E-state index contributed by atoms with van der Waals surface area (Å²) in [6.07, 6.45) is 6.90. The molecule has 126 valence electrons. The Balaban J connectivity index is 1.34. The molecule has 2 aromatic rings. The first-order valence-electron chi connectivity index (χ1n) is 8.71. The summed E-state index contributed by atoms with van der Waals surface area (Å²) in [5.74, 6) is 0.372. The molecule has 24 heavy (non-hydrogen) atoms. The number of aromatic nitrogens is 2. The van der Waals surface area contributed by atoms with E-state index in [0.29, 0.717) is 24.6 Å². The van der Waals surface area contributed by atoms with Crippen LogP contribution in [0, 0.1) is 5.92 Å². The zero-order valence-corrected chi connectivity index (χ0v) is 13.6. The van der Waals surface area contributed by atoms with Crippen LogP contribution >= 0.6 is 0 Å². The summed E-state index contributed by atoms with van der Waals surface area (Å²) in [7, 11) is 0. The molecule has 0 bridgehead atoms. The molecule has 1 aliphatic carbocycles. The molecule has 1 aliphatic heterocycles. The second kappa shape index (κ2) is 6.26. The number of likely N-dealkylation sites (tertiary alicyclic amines) is 1. The normalized spacial score (nSPS) is 21.8. The number of amides is 2. The third-order valence-corrected chi connectivity index (χ3v) is 5.24. The summed E-state index contributed by atoms with van der Waals surface area (Å²) < 4.78 is 0. The second-order valence-electron chi connectivity index (χ2n) is 6.90. The minimum Gasteiger partial charge on any atom is -0.352 e. The van der Waals surface area contributed by atoms with Gasteiger partial charge in [-0.3, -0.25) is 9.59 Å². The molecule has 0 spiro atoms. The lowest BCUT2D eigenvalue weighted by Crippen LogP contribution is -2.36. The topological polar surface area (TPSA) is 78.1 Å². The summed E-state index contributed by atoms with van der Waals surface area (Å²) >= 11 is 0. The van der Waals surface area contributed by atoms with Gasteiger partial charge in [0.2, 0.25) is 5.91 Å². The lowest BCUT2D eigenvalue weighted by molar-refractivity contribution is -0.129. The first-order valence-corrected chi connectivity index (χ1v) is 8.71. The first-order chi connectivity index (χ1) is 11.7. The van der Waals surface area contributed by atoms with E-state index in [1.807, 2.05) is 17.0 Å². The SMILES string of the molecule is O=C(NCC1CC(=O)N(C2CCCC2)C1)c1ccc2nc[nH]c2c1. The van der Waals surface area contributed by atoms with Gasteiger partial charge in [0.05, 0.1) is 17.4 Å². The fraction of sp³-hybridized carbons (Fsp3) is 0.500. The van der Waals surface area contributed by atoms with E-state index in [9.17, 15) is 9.59 Å². The Hall–Kier alpha value is -2.37. The Morgan fingerprint density at radius 2 is 2.17 bits per heavy atom. The van der Waals surface area contributed by atoms with Crippen molar-refractivity contribution in [1.82, 2.24) is 20.2 Å². The smallest absolute Gasteiger partial charge is 0.251 e. The van der Waals surface area contributed by atoms with Crippen molar-refractivity contribution in [3.05, 3.63) is 30.1 Å². The van der Waals surface area contributed by atoms with Crippen LogP contribution in [0.15, 0.2) is 24.5 Å². The molecule has 1 aromatic carbocycles. The number of carbonyl (C=O) groups is 2. The fourth-order valence-corrected chi connectivity index (χ4v) is 3.93. The summed E-state index contributed by atoms with van der Waals surface area (Å²) in [6, 6.07) is 5.86. The molecule has 1 atom stereocenters. The van der Waals surface area contributed by atoms with E-state index in [1.54, 1.807) is 12.4 Å². The predicted molar refractivity (Wildman–Crippen MR) is 90.5 cm³/mol. The monoisotopic (exact) mass is 326 g/mol. The fourth-order valence-electron chi connectivity index (χ4n) is 3.93. The maximum Gasteiger partial charge on any atom is 0.251 e. The van der Waals surface area contributed by atoms with E-state index in [1.165, 1.54) is 12.8 Å². The minimum absolute atomic E-state index is 0.0988. The van der Waals surface area contributed by atoms with Crippen LogP contribution in [0.4, 0.5) is 0 Å². The van der Waals surface area contributed by atoms with Gasteiger partial charge in [0.15, 0.2) is 0 Å². The van der Waals surface area contributed by atoms with Gasteiger partial charge < -0.3 is 15.2 Å². The van der Waals surface area contributed by atoms with Gasteiger partial charge in [0, 0.05) is 37.0 Å². The number of hydrogen-bond donors (Lipinski definition) is 2. The van der Waals surface area contributed by atoms with E-state index >= 15 is 0 Å². The van der Waals surface area contributed by atoms with E-state index in [2.05, 4.69) is 15.3 Å². The third-order valence-electron chi connectivity index (χ3n) is 5.24. The quantitative estimate of drug-likeness (QED) is 0.903. The van der Waals surface area contributed by atoms with Crippen LogP contribution in [-0.2, 0) is 4.79 Å². The number of rotatable bonds is 4. The molecule has 1 unspecified atom stereocenters. The molecule has 1 saturated carbocycles.